The number of para-hydroxylation sites is 1. The summed E-state index contributed by atoms with van der Waals surface area (Å²) in [5, 5.41) is 2.93. The number of ether oxygens (including phenoxy) is 2. The standard InChI is InChI=1S/C19H22N2O3/c1-14-13-15-5-3-4-6-18(15)21(14)19(22)20-11-12-24-17-9-7-16(23-2)8-10-17/h3-10,14H,11-13H2,1-2H3,(H,20,22). The van der Waals surface area contributed by atoms with Crippen LogP contribution >= 0.6 is 0 Å². The molecule has 5 heteroatoms. The topological polar surface area (TPSA) is 50.8 Å². The summed E-state index contributed by atoms with van der Waals surface area (Å²) in [5.41, 5.74) is 2.22. The molecule has 0 fully saturated rings. The van der Waals surface area contributed by atoms with Gasteiger partial charge >= 0.3 is 6.03 Å². The molecule has 0 aromatic heterocycles. The van der Waals surface area contributed by atoms with Crippen molar-refractivity contribution in [1.29, 1.82) is 0 Å². The zero-order valence-electron chi connectivity index (χ0n) is 14.0. The van der Waals surface area contributed by atoms with Gasteiger partial charge in [0, 0.05) is 11.7 Å². The number of carbonyl (C=O) groups excluding carboxylic acids is 1. The van der Waals surface area contributed by atoms with Gasteiger partial charge in [-0.05, 0) is 49.2 Å². The van der Waals surface area contributed by atoms with Crippen LogP contribution in [0, 0.1) is 0 Å². The Labute approximate surface area is 142 Å². The highest BCUT2D eigenvalue weighted by molar-refractivity contribution is 5.94. The van der Waals surface area contributed by atoms with Crippen LogP contribution in [0.4, 0.5) is 10.5 Å². The minimum absolute atomic E-state index is 0.0780. The van der Waals surface area contributed by atoms with Gasteiger partial charge < -0.3 is 14.8 Å². The van der Waals surface area contributed by atoms with Gasteiger partial charge in [0.15, 0.2) is 0 Å². The fourth-order valence-electron chi connectivity index (χ4n) is 2.96. The summed E-state index contributed by atoms with van der Waals surface area (Å²) < 4.78 is 10.7. The molecule has 126 valence electrons. The maximum absolute atomic E-state index is 12.5. The molecule has 2 aromatic rings. The second-order valence-electron chi connectivity index (χ2n) is 5.81. The van der Waals surface area contributed by atoms with Gasteiger partial charge in [-0.3, -0.25) is 4.90 Å². The van der Waals surface area contributed by atoms with Crippen LogP contribution < -0.4 is 19.7 Å². The van der Waals surface area contributed by atoms with Crippen LogP contribution in [0.1, 0.15) is 12.5 Å². The summed E-state index contributed by atoms with van der Waals surface area (Å²) >= 11 is 0. The predicted octanol–water partition coefficient (Wildman–Crippen LogP) is 3.23. The molecule has 3 rings (SSSR count). The molecule has 0 spiro atoms. The fourth-order valence-corrected chi connectivity index (χ4v) is 2.96. The van der Waals surface area contributed by atoms with Crippen LogP contribution in [0.2, 0.25) is 0 Å². The van der Waals surface area contributed by atoms with Gasteiger partial charge in [-0.1, -0.05) is 18.2 Å². The van der Waals surface area contributed by atoms with E-state index in [0.717, 1.165) is 23.6 Å². The summed E-state index contributed by atoms with van der Waals surface area (Å²) in [5.74, 6) is 1.54. The lowest BCUT2D eigenvalue weighted by molar-refractivity contribution is 0.240. The van der Waals surface area contributed by atoms with Gasteiger partial charge in [-0.2, -0.15) is 0 Å². The number of hydrogen-bond acceptors (Lipinski definition) is 3. The average Bonchev–Trinajstić information content (AvgIpc) is 2.95. The van der Waals surface area contributed by atoms with Crippen LogP contribution in [-0.4, -0.2) is 32.3 Å². The molecule has 1 atom stereocenters. The van der Waals surface area contributed by atoms with Crippen molar-refractivity contribution in [2.24, 2.45) is 0 Å². The Morgan fingerprint density at radius 3 is 2.62 bits per heavy atom. The Morgan fingerprint density at radius 2 is 1.88 bits per heavy atom. The van der Waals surface area contributed by atoms with E-state index >= 15 is 0 Å². The minimum atomic E-state index is -0.0780. The first-order valence-corrected chi connectivity index (χ1v) is 8.11. The Hall–Kier alpha value is -2.69. The average molecular weight is 326 g/mol. The summed E-state index contributed by atoms with van der Waals surface area (Å²) in [7, 11) is 1.63. The van der Waals surface area contributed by atoms with Crippen molar-refractivity contribution >= 4 is 11.7 Å². The summed E-state index contributed by atoms with van der Waals surface area (Å²) in [6, 6.07) is 15.5. The van der Waals surface area contributed by atoms with E-state index in [-0.39, 0.29) is 12.1 Å². The number of rotatable bonds is 5. The zero-order chi connectivity index (χ0) is 16.9. The number of methoxy groups -OCH3 is 1. The van der Waals surface area contributed by atoms with Crippen molar-refractivity contribution in [1.82, 2.24) is 5.32 Å². The maximum atomic E-state index is 12.5. The van der Waals surface area contributed by atoms with Crippen molar-refractivity contribution in [3.8, 4) is 11.5 Å². The molecule has 1 aliphatic heterocycles. The van der Waals surface area contributed by atoms with E-state index in [1.165, 1.54) is 5.56 Å². The highest BCUT2D eigenvalue weighted by Gasteiger charge is 2.30. The van der Waals surface area contributed by atoms with Gasteiger partial charge in [0.25, 0.3) is 0 Å². The summed E-state index contributed by atoms with van der Waals surface area (Å²) in [6.45, 7) is 2.94. The quantitative estimate of drug-likeness (QED) is 0.858. The monoisotopic (exact) mass is 326 g/mol. The maximum Gasteiger partial charge on any atom is 0.322 e. The molecule has 24 heavy (non-hydrogen) atoms. The van der Waals surface area contributed by atoms with Crippen molar-refractivity contribution in [3.05, 3.63) is 54.1 Å². The molecule has 2 amide bonds. The normalized spacial score (nSPS) is 15.8. The lowest BCUT2D eigenvalue weighted by atomic mass is 10.1. The molecule has 0 saturated carbocycles. The molecule has 1 N–H and O–H groups in total. The van der Waals surface area contributed by atoms with Gasteiger partial charge in [-0.15, -0.1) is 0 Å². The molecule has 0 radical (unpaired) electrons. The van der Waals surface area contributed by atoms with Crippen molar-refractivity contribution in [3.63, 3.8) is 0 Å². The molecule has 2 aromatic carbocycles. The number of nitrogens with one attached hydrogen (secondary N) is 1. The Kier molecular flexibility index (Phi) is 4.89. The molecule has 0 aliphatic carbocycles. The number of carbonyl (C=O) groups is 1. The smallest absolute Gasteiger partial charge is 0.322 e. The lowest BCUT2D eigenvalue weighted by Crippen LogP contribution is -2.44. The van der Waals surface area contributed by atoms with Crippen molar-refractivity contribution in [2.75, 3.05) is 25.2 Å². The number of hydrogen-bond donors (Lipinski definition) is 1. The van der Waals surface area contributed by atoms with Crippen LogP contribution in [0.5, 0.6) is 11.5 Å². The zero-order valence-corrected chi connectivity index (χ0v) is 14.0. The molecular weight excluding hydrogens is 304 g/mol. The molecule has 5 nitrogen and oxygen atoms in total. The number of fused-ring (bicyclic) bond motifs is 1. The van der Waals surface area contributed by atoms with Gasteiger partial charge in [0.2, 0.25) is 0 Å². The number of benzene rings is 2. The Balaban J connectivity index is 1.49. The van der Waals surface area contributed by atoms with E-state index in [9.17, 15) is 4.79 Å². The van der Waals surface area contributed by atoms with E-state index < -0.39 is 0 Å². The fraction of sp³-hybridized carbons (Fsp3) is 0.316. The first kappa shape index (κ1) is 16.2. The van der Waals surface area contributed by atoms with Crippen molar-refractivity contribution < 1.29 is 14.3 Å². The number of amides is 2. The summed E-state index contributed by atoms with van der Waals surface area (Å²) in [6.07, 6.45) is 0.895. The number of urea groups is 1. The van der Waals surface area contributed by atoms with E-state index in [1.807, 2.05) is 47.4 Å². The van der Waals surface area contributed by atoms with E-state index in [4.69, 9.17) is 9.47 Å². The molecule has 1 unspecified atom stereocenters. The molecule has 1 heterocycles. The Morgan fingerprint density at radius 1 is 1.17 bits per heavy atom. The van der Waals surface area contributed by atoms with Crippen LogP contribution in [0.3, 0.4) is 0 Å². The minimum Gasteiger partial charge on any atom is -0.497 e. The van der Waals surface area contributed by atoms with E-state index in [2.05, 4.69) is 18.3 Å². The van der Waals surface area contributed by atoms with Gasteiger partial charge in [-0.25, -0.2) is 4.79 Å². The van der Waals surface area contributed by atoms with Gasteiger partial charge in [0.05, 0.1) is 13.7 Å². The lowest BCUT2D eigenvalue weighted by Gasteiger charge is -2.23. The Bertz CT molecular complexity index is 700. The van der Waals surface area contributed by atoms with Crippen LogP contribution in [0.15, 0.2) is 48.5 Å². The predicted molar refractivity (Wildman–Crippen MR) is 94.0 cm³/mol. The van der Waals surface area contributed by atoms with Crippen LogP contribution in [-0.2, 0) is 6.42 Å². The third kappa shape index (κ3) is 3.45. The van der Waals surface area contributed by atoms with Gasteiger partial charge in [0.1, 0.15) is 18.1 Å². The highest BCUT2D eigenvalue weighted by atomic mass is 16.5. The molecule has 0 bridgehead atoms. The number of nitrogens with zero attached hydrogens (tertiary/aromatic N) is 1. The molecule has 1 aliphatic rings. The van der Waals surface area contributed by atoms with Crippen LogP contribution in [0.25, 0.3) is 0 Å². The number of anilines is 1. The van der Waals surface area contributed by atoms with E-state index in [1.54, 1.807) is 7.11 Å². The third-order valence-corrected chi connectivity index (χ3v) is 4.13. The molecular formula is C19H22N2O3. The van der Waals surface area contributed by atoms with Crippen molar-refractivity contribution in [2.45, 2.75) is 19.4 Å². The van der Waals surface area contributed by atoms with E-state index in [0.29, 0.717) is 13.2 Å². The second-order valence-corrected chi connectivity index (χ2v) is 5.81. The third-order valence-electron chi connectivity index (χ3n) is 4.13. The summed E-state index contributed by atoms with van der Waals surface area (Å²) in [4.78, 5) is 14.3. The largest absolute Gasteiger partial charge is 0.497 e. The first-order chi connectivity index (χ1) is 11.7. The molecule has 0 saturated heterocycles. The first-order valence-electron chi connectivity index (χ1n) is 8.11. The SMILES string of the molecule is COc1ccc(OCCNC(=O)N2c3ccccc3CC2C)cc1. The second kappa shape index (κ2) is 7.25. The highest BCUT2D eigenvalue weighted by Crippen LogP contribution is 2.31.